The van der Waals surface area contributed by atoms with Crippen LogP contribution in [0.25, 0.3) is 0 Å². The van der Waals surface area contributed by atoms with Gasteiger partial charge in [0.15, 0.2) is 0 Å². The first-order valence-electron chi connectivity index (χ1n) is 2.55. The zero-order chi connectivity index (χ0) is 7.78. The van der Waals surface area contributed by atoms with Crippen molar-refractivity contribution >= 4 is 0 Å². The smallest absolute Gasteiger partial charge is 0.449 e. The monoisotopic (exact) mass is 149 g/mol. The predicted octanol–water partition coefficient (Wildman–Crippen LogP) is 2.41. The third-order valence-electron chi connectivity index (χ3n) is 0.949. The lowest BCUT2D eigenvalue weighted by atomic mass is 10.4. The minimum Gasteiger partial charge on any atom is -0.456 e. The van der Waals surface area contributed by atoms with Gasteiger partial charge in [-0.1, -0.05) is 0 Å². The van der Waals surface area contributed by atoms with Gasteiger partial charge in [0, 0.05) is 6.07 Å². The molecule has 0 bridgehead atoms. The molecule has 0 fully saturated rings. The minimum atomic E-state index is -4.38. The van der Waals surface area contributed by atoms with E-state index in [0.717, 1.165) is 6.07 Å². The lowest BCUT2D eigenvalue weighted by Crippen LogP contribution is -2.01. The van der Waals surface area contributed by atoms with Crippen molar-refractivity contribution in [3.63, 3.8) is 0 Å². The van der Waals surface area contributed by atoms with Gasteiger partial charge in [0.1, 0.15) is 5.76 Å². The van der Waals surface area contributed by atoms with Crippen molar-refractivity contribution in [3.8, 4) is 0 Å². The van der Waals surface area contributed by atoms with Crippen LogP contribution in [0.15, 0.2) is 10.5 Å². The Balaban J connectivity index is 2.96. The van der Waals surface area contributed by atoms with Gasteiger partial charge in [-0.2, -0.15) is 13.2 Å². The standard InChI is InChI=1S/C6H4F3O/c1-4-2-3-5(10-4)6(7,8)9/h3H,1H3. The van der Waals surface area contributed by atoms with Crippen molar-refractivity contribution in [1.82, 2.24) is 0 Å². The highest BCUT2D eigenvalue weighted by Crippen LogP contribution is 2.29. The van der Waals surface area contributed by atoms with E-state index in [2.05, 4.69) is 10.5 Å². The summed E-state index contributed by atoms with van der Waals surface area (Å²) in [6.45, 7) is 1.41. The van der Waals surface area contributed by atoms with E-state index >= 15 is 0 Å². The van der Waals surface area contributed by atoms with Gasteiger partial charge in [-0.3, -0.25) is 0 Å². The summed E-state index contributed by atoms with van der Waals surface area (Å²) in [5.74, 6) is -0.850. The van der Waals surface area contributed by atoms with Gasteiger partial charge in [-0.25, -0.2) is 0 Å². The van der Waals surface area contributed by atoms with E-state index in [1.807, 2.05) is 0 Å². The van der Waals surface area contributed by atoms with Crippen molar-refractivity contribution in [3.05, 3.63) is 23.7 Å². The first-order chi connectivity index (χ1) is 4.50. The number of hydrogen-bond acceptors (Lipinski definition) is 1. The zero-order valence-electron chi connectivity index (χ0n) is 5.12. The van der Waals surface area contributed by atoms with Crippen molar-refractivity contribution in [1.29, 1.82) is 0 Å². The third kappa shape index (κ3) is 1.32. The molecular formula is C6H4F3O. The molecule has 1 aromatic rings. The van der Waals surface area contributed by atoms with E-state index in [-0.39, 0.29) is 5.76 Å². The van der Waals surface area contributed by atoms with Crippen LogP contribution in [-0.2, 0) is 6.18 Å². The molecule has 0 aliphatic carbocycles. The van der Waals surface area contributed by atoms with Crippen LogP contribution in [0, 0.1) is 13.0 Å². The maximum absolute atomic E-state index is 11.7. The maximum atomic E-state index is 11.7. The molecule has 1 radical (unpaired) electrons. The molecule has 0 aromatic carbocycles. The highest BCUT2D eigenvalue weighted by atomic mass is 19.4. The average molecular weight is 149 g/mol. The molecule has 0 saturated carbocycles. The SMILES string of the molecule is Cc1[c]cc(C(F)(F)F)o1. The molecule has 0 atom stereocenters. The van der Waals surface area contributed by atoms with Gasteiger partial charge < -0.3 is 4.42 Å². The molecule has 0 unspecified atom stereocenters. The Hall–Kier alpha value is -0.930. The van der Waals surface area contributed by atoms with Crippen LogP contribution < -0.4 is 0 Å². The third-order valence-corrected chi connectivity index (χ3v) is 0.949. The Morgan fingerprint density at radius 2 is 2.10 bits per heavy atom. The van der Waals surface area contributed by atoms with Crippen LogP contribution in [-0.4, -0.2) is 0 Å². The molecule has 0 aliphatic rings. The quantitative estimate of drug-likeness (QED) is 0.552. The van der Waals surface area contributed by atoms with Crippen LogP contribution in [0.5, 0.6) is 0 Å². The molecule has 1 rings (SSSR count). The molecule has 4 heteroatoms. The summed E-state index contributed by atoms with van der Waals surface area (Å²) in [5, 5.41) is 0. The highest BCUT2D eigenvalue weighted by Gasteiger charge is 2.34. The first kappa shape index (κ1) is 7.18. The van der Waals surface area contributed by atoms with Gasteiger partial charge in [-0.15, -0.1) is 0 Å². The van der Waals surface area contributed by atoms with Crippen LogP contribution in [0.1, 0.15) is 11.5 Å². The first-order valence-corrected chi connectivity index (χ1v) is 2.55. The van der Waals surface area contributed by atoms with E-state index in [9.17, 15) is 13.2 Å². The summed E-state index contributed by atoms with van der Waals surface area (Å²) in [6, 6.07) is 3.08. The highest BCUT2D eigenvalue weighted by molar-refractivity contribution is 5.06. The van der Waals surface area contributed by atoms with Gasteiger partial charge >= 0.3 is 6.18 Å². The Kier molecular flexibility index (Phi) is 1.46. The average Bonchev–Trinajstić information content (AvgIpc) is 2.11. The Morgan fingerprint density at radius 1 is 1.50 bits per heavy atom. The van der Waals surface area contributed by atoms with Gasteiger partial charge in [0.2, 0.25) is 5.76 Å². The number of furan rings is 1. The molecule has 1 nitrogen and oxygen atoms in total. The lowest BCUT2D eigenvalue weighted by molar-refractivity contribution is -0.153. The molecule has 1 aromatic heterocycles. The zero-order valence-corrected chi connectivity index (χ0v) is 5.12. The molecule has 0 amide bonds. The van der Waals surface area contributed by atoms with Crippen molar-refractivity contribution < 1.29 is 17.6 Å². The Labute approximate surface area is 55.5 Å². The predicted molar refractivity (Wildman–Crippen MR) is 27.3 cm³/mol. The topological polar surface area (TPSA) is 13.1 Å². The summed E-state index contributed by atoms with van der Waals surface area (Å²) in [5.41, 5.74) is 0. The normalized spacial score (nSPS) is 12.0. The van der Waals surface area contributed by atoms with Gasteiger partial charge in [0.25, 0.3) is 0 Å². The van der Waals surface area contributed by atoms with E-state index in [1.165, 1.54) is 6.92 Å². The van der Waals surface area contributed by atoms with E-state index < -0.39 is 11.9 Å². The molecule has 0 N–H and O–H groups in total. The largest absolute Gasteiger partial charge is 0.456 e. The van der Waals surface area contributed by atoms with Crippen LogP contribution >= 0.6 is 0 Å². The van der Waals surface area contributed by atoms with Crippen LogP contribution in [0.2, 0.25) is 0 Å². The molecule has 0 saturated heterocycles. The summed E-state index contributed by atoms with van der Waals surface area (Å²) >= 11 is 0. The second-order valence-electron chi connectivity index (χ2n) is 1.81. The van der Waals surface area contributed by atoms with E-state index in [4.69, 9.17) is 0 Å². The fourth-order valence-corrected chi connectivity index (χ4v) is 0.531. The number of rotatable bonds is 0. The second kappa shape index (κ2) is 2.04. The Bertz CT molecular complexity index is 223. The fraction of sp³-hybridized carbons (Fsp3) is 0.333. The number of aryl methyl sites for hydroxylation is 1. The van der Waals surface area contributed by atoms with Crippen molar-refractivity contribution in [2.75, 3.05) is 0 Å². The number of alkyl halides is 3. The van der Waals surface area contributed by atoms with Gasteiger partial charge in [0.05, 0.1) is 0 Å². The number of halogens is 3. The fourth-order valence-electron chi connectivity index (χ4n) is 0.531. The summed E-state index contributed by atoms with van der Waals surface area (Å²) in [6.07, 6.45) is -4.38. The molecule has 0 spiro atoms. The summed E-state index contributed by atoms with van der Waals surface area (Å²) < 4.78 is 39.3. The van der Waals surface area contributed by atoms with E-state index in [0.29, 0.717) is 0 Å². The summed E-state index contributed by atoms with van der Waals surface area (Å²) in [7, 11) is 0. The van der Waals surface area contributed by atoms with Crippen LogP contribution in [0.3, 0.4) is 0 Å². The number of hydrogen-bond donors (Lipinski definition) is 0. The molecule has 1 heterocycles. The van der Waals surface area contributed by atoms with Gasteiger partial charge in [-0.05, 0) is 13.0 Å². The molecule has 0 aliphatic heterocycles. The van der Waals surface area contributed by atoms with Crippen molar-refractivity contribution in [2.24, 2.45) is 0 Å². The molecular weight excluding hydrogens is 145 g/mol. The lowest BCUT2D eigenvalue weighted by Gasteiger charge is -1.99. The Morgan fingerprint density at radius 3 is 2.30 bits per heavy atom. The van der Waals surface area contributed by atoms with Crippen LogP contribution in [0.4, 0.5) is 13.2 Å². The summed E-state index contributed by atoms with van der Waals surface area (Å²) in [4.78, 5) is 0. The molecule has 10 heavy (non-hydrogen) atoms. The van der Waals surface area contributed by atoms with Crippen molar-refractivity contribution in [2.45, 2.75) is 13.1 Å². The van der Waals surface area contributed by atoms with E-state index in [1.54, 1.807) is 0 Å². The minimum absolute atomic E-state index is 0.146. The maximum Gasteiger partial charge on any atom is 0.449 e. The second-order valence-corrected chi connectivity index (χ2v) is 1.81. The molecule has 55 valence electrons.